The van der Waals surface area contributed by atoms with E-state index in [1.165, 1.54) is 44.9 Å². The molecule has 0 aromatic rings. The van der Waals surface area contributed by atoms with E-state index in [1.807, 2.05) is 0 Å². The predicted octanol–water partition coefficient (Wildman–Crippen LogP) is 1.97. The molecule has 0 aromatic heterocycles. The minimum atomic E-state index is -1.21. The molecule has 1 N–H and O–H groups in total. The molecule has 1 aliphatic heterocycles. The lowest BCUT2D eigenvalue weighted by molar-refractivity contribution is -0.823. The monoisotopic (exact) mass is 340 g/mol. The number of aliphatic carboxylic acids is 2. The molecule has 24 heavy (non-hydrogen) atoms. The van der Waals surface area contributed by atoms with E-state index in [4.69, 9.17) is 5.11 Å². The molecular formula is C18H32N2O4. The molecular weight excluding hydrogens is 308 g/mol. The van der Waals surface area contributed by atoms with Crippen LogP contribution in [0.2, 0.25) is 0 Å². The molecule has 1 aliphatic rings. The molecule has 0 aromatic carbocycles. The number of unbranched alkanes of at least 4 members (excludes halogenated alkanes) is 8. The first-order valence-corrected chi connectivity index (χ1v) is 9.32. The van der Waals surface area contributed by atoms with Gasteiger partial charge in [0, 0.05) is 6.42 Å². The van der Waals surface area contributed by atoms with Crippen molar-refractivity contribution in [1.82, 2.24) is 0 Å². The zero-order valence-electron chi connectivity index (χ0n) is 15.0. The van der Waals surface area contributed by atoms with Gasteiger partial charge in [0.15, 0.2) is 12.4 Å². The van der Waals surface area contributed by atoms with Gasteiger partial charge in [-0.3, -0.25) is 4.48 Å². The number of aliphatic imine (C=N–C) groups is 1. The van der Waals surface area contributed by atoms with Gasteiger partial charge in [0.05, 0.1) is 12.5 Å². The summed E-state index contributed by atoms with van der Waals surface area (Å²) in [4.78, 5) is 26.6. The molecule has 6 heteroatoms. The van der Waals surface area contributed by atoms with Crippen molar-refractivity contribution < 1.29 is 24.3 Å². The minimum Gasteiger partial charge on any atom is -0.544 e. The van der Waals surface area contributed by atoms with Crippen LogP contribution in [0.1, 0.15) is 71.1 Å². The summed E-state index contributed by atoms with van der Waals surface area (Å²) in [6, 6.07) is 0. The summed E-state index contributed by atoms with van der Waals surface area (Å²) < 4.78 is -0.0608. The first kappa shape index (κ1) is 20.6. The highest BCUT2D eigenvalue weighted by Crippen LogP contribution is 2.20. The van der Waals surface area contributed by atoms with Gasteiger partial charge in [-0.1, -0.05) is 58.3 Å². The van der Waals surface area contributed by atoms with Gasteiger partial charge >= 0.3 is 5.97 Å². The maximum Gasteiger partial charge on any atom is 0.359 e. The number of nitrogens with zero attached hydrogens (tertiary/aromatic N) is 2. The molecule has 0 aliphatic carbocycles. The highest BCUT2D eigenvalue weighted by atomic mass is 16.4. The zero-order chi connectivity index (χ0) is 17.8. The van der Waals surface area contributed by atoms with Gasteiger partial charge < -0.3 is 15.0 Å². The third-order valence-electron chi connectivity index (χ3n) is 4.74. The molecule has 1 unspecified atom stereocenters. The molecule has 0 fully saturated rings. The number of carbonyl (C=O) groups excluding carboxylic acids is 1. The summed E-state index contributed by atoms with van der Waals surface area (Å²) in [6.45, 7) is 2.67. The molecule has 0 radical (unpaired) electrons. The number of carboxylic acids is 2. The number of carboxylic acid groups (broad SMARTS) is 2. The topological polar surface area (TPSA) is 89.8 Å². The van der Waals surface area contributed by atoms with Crippen LogP contribution in [0.25, 0.3) is 0 Å². The molecule has 0 spiro atoms. The van der Waals surface area contributed by atoms with Crippen molar-refractivity contribution in [3.05, 3.63) is 0 Å². The summed E-state index contributed by atoms with van der Waals surface area (Å²) in [5, 5.41) is 20.2. The summed E-state index contributed by atoms with van der Waals surface area (Å²) >= 11 is 0. The Balaban J connectivity index is 2.31. The Hall–Kier alpha value is -1.43. The van der Waals surface area contributed by atoms with Gasteiger partial charge in [0.1, 0.15) is 13.1 Å². The average molecular weight is 340 g/mol. The molecule has 1 atom stereocenters. The minimum absolute atomic E-state index is 0.0608. The molecule has 0 saturated heterocycles. The van der Waals surface area contributed by atoms with Crippen LogP contribution < -0.4 is 5.11 Å². The van der Waals surface area contributed by atoms with Gasteiger partial charge in [-0.05, 0) is 6.42 Å². The van der Waals surface area contributed by atoms with Crippen LogP contribution in [0, 0.1) is 0 Å². The van der Waals surface area contributed by atoms with Crippen molar-refractivity contribution in [2.24, 2.45) is 4.99 Å². The molecule has 0 amide bonds. The van der Waals surface area contributed by atoms with Crippen molar-refractivity contribution in [2.75, 3.05) is 26.2 Å². The molecule has 1 rings (SSSR count). The Labute approximate surface area is 145 Å². The summed E-state index contributed by atoms with van der Waals surface area (Å²) in [7, 11) is 0. The maximum absolute atomic E-state index is 11.1. The molecule has 0 bridgehead atoms. The van der Waals surface area contributed by atoms with Crippen LogP contribution in [-0.4, -0.2) is 53.5 Å². The third kappa shape index (κ3) is 7.43. The van der Waals surface area contributed by atoms with Gasteiger partial charge in [-0.15, -0.1) is 0 Å². The lowest BCUT2D eigenvalue weighted by atomic mass is 10.1. The number of quaternary nitrogens is 1. The Morgan fingerprint density at radius 1 is 1.04 bits per heavy atom. The Morgan fingerprint density at radius 3 is 2.17 bits per heavy atom. The predicted molar refractivity (Wildman–Crippen MR) is 91.7 cm³/mol. The third-order valence-corrected chi connectivity index (χ3v) is 4.74. The van der Waals surface area contributed by atoms with E-state index >= 15 is 0 Å². The number of rotatable bonds is 14. The summed E-state index contributed by atoms with van der Waals surface area (Å²) in [6.07, 6.45) is 11.7. The Bertz CT molecular complexity index is 419. The highest BCUT2D eigenvalue weighted by Gasteiger charge is 2.39. The van der Waals surface area contributed by atoms with E-state index in [-0.39, 0.29) is 17.6 Å². The van der Waals surface area contributed by atoms with E-state index in [1.54, 1.807) is 0 Å². The first-order chi connectivity index (χ1) is 11.5. The van der Waals surface area contributed by atoms with E-state index in [0.29, 0.717) is 19.5 Å². The second-order valence-electron chi connectivity index (χ2n) is 6.83. The van der Waals surface area contributed by atoms with Crippen LogP contribution >= 0.6 is 0 Å². The number of hydrogen-bond acceptors (Lipinski definition) is 4. The van der Waals surface area contributed by atoms with Gasteiger partial charge in [-0.25, -0.2) is 9.79 Å². The van der Waals surface area contributed by atoms with E-state index in [2.05, 4.69) is 11.9 Å². The lowest BCUT2D eigenvalue weighted by Gasteiger charge is -2.33. The van der Waals surface area contributed by atoms with Crippen molar-refractivity contribution >= 4 is 17.8 Å². The lowest BCUT2D eigenvalue weighted by Crippen LogP contribution is -2.58. The van der Waals surface area contributed by atoms with Crippen LogP contribution in [0.3, 0.4) is 0 Å². The molecule has 6 nitrogen and oxygen atoms in total. The quantitative estimate of drug-likeness (QED) is 0.387. The van der Waals surface area contributed by atoms with Gasteiger partial charge in [0.25, 0.3) is 0 Å². The van der Waals surface area contributed by atoms with Crippen LogP contribution in [0.4, 0.5) is 0 Å². The van der Waals surface area contributed by atoms with Crippen LogP contribution in [0.15, 0.2) is 4.99 Å². The number of carbonyl (C=O) groups is 2. The average Bonchev–Trinajstić information content (AvgIpc) is 2.86. The molecule has 138 valence electrons. The van der Waals surface area contributed by atoms with E-state index < -0.39 is 11.9 Å². The number of amidine groups is 1. The van der Waals surface area contributed by atoms with E-state index in [9.17, 15) is 14.7 Å². The van der Waals surface area contributed by atoms with Gasteiger partial charge in [0.2, 0.25) is 0 Å². The van der Waals surface area contributed by atoms with Crippen LogP contribution in [-0.2, 0) is 9.59 Å². The fourth-order valence-corrected chi connectivity index (χ4v) is 3.46. The standard InChI is InChI=1S/C18H32N2O4/c1-2-3-4-5-6-7-8-9-10-11-16-19-12-13-20(16,14-17(21)22)15-18(23)24/h2-15H2,1H3,(H-,21,22,23,24). The Kier molecular flexibility index (Phi) is 9.60. The maximum atomic E-state index is 11.1. The fourth-order valence-electron chi connectivity index (χ4n) is 3.46. The highest BCUT2D eigenvalue weighted by molar-refractivity contribution is 5.82. The van der Waals surface area contributed by atoms with Crippen LogP contribution in [0.5, 0.6) is 0 Å². The SMILES string of the molecule is CCCCCCCCCCCC1=NCC[N+]1(CC(=O)[O-])CC(=O)O. The zero-order valence-corrected chi connectivity index (χ0v) is 15.0. The van der Waals surface area contributed by atoms with Crippen molar-refractivity contribution in [1.29, 1.82) is 0 Å². The van der Waals surface area contributed by atoms with Gasteiger partial charge in [-0.2, -0.15) is 0 Å². The summed E-state index contributed by atoms with van der Waals surface area (Å²) in [5.41, 5.74) is 0. The fraction of sp³-hybridized carbons (Fsp3) is 0.833. The summed E-state index contributed by atoms with van der Waals surface area (Å²) in [5.74, 6) is -1.47. The Morgan fingerprint density at radius 2 is 1.62 bits per heavy atom. The van der Waals surface area contributed by atoms with Crippen molar-refractivity contribution in [3.63, 3.8) is 0 Å². The second kappa shape index (κ2) is 11.2. The molecule has 0 saturated carbocycles. The first-order valence-electron chi connectivity index (χ1n) is 9.32. The largest absolute Gasteiger partial charge is 0.544 e. The number of hydrogen-bond donors (Lipinski definition) is 1. The second-order valence-corrected chi connectivity index (χ2v) is 6.83. The van der Waals surface area contributed by atoms with E-state index in [0.717, 1.165) is 18.7 Å². The normalized spacial score (nSPS) is 20.1. The van der Waals surface area contributed by atoms with Crippen molar-refractivity contribution in [2.45, 2.75) is 71.1 Å². The van der Waals surface area contributed by atoms with Crippen molar-refractivity contribution in [3.8, 4) is 0 Å². The smallest absolute Gasteiger partial charge is 0.359 e. The molecule has 1 heterocycles.